The van der Waals surface area contributed by atoms with E-state index in [1.54, 1.807) is 0 Å². The zero-order valence-electron chi connectivity index (χ0n) is 10.8. The summed E-state index contributed by atoms with van der Waals surface area (Å²) in [5.41, 5.74) is 1.71. The van der Waals surface area contributed by atoms with E-state index in [4.69, 9.17) is 11.6 Å². The molecule has 0 amide bonds. The van der Waals surface area contributed by atoms with E-state index < -0.39 is 0 Å². The Bertz CT molecular complexity index is 590. The standard InChI is InChI=1S/C14H16ClFN2S/c1-9(15)14-17-12-8-10(16)2-3-13(12)18(14)11-4-6-19-7-5-11/h2-3,8-9,11H,4-7H2,1H3. The summed E-state index contributed by atoms with van der Waals surface area (Å²) in [5.74, 6) is 2.95. The monoisotopic (exact) mass is 298 g/mol. The van der Waals surface area contributed by atoms with Gasteiger partial charge in [-0.05, 0) is 43.4 Å². The van der Waals surface area contributed by atoms with Gasteiger partial charge in [0.05, 0.1) is 16.4 Å². The van der Waals surface area contributed by atoms with Crippen LogP contribution in [0.5, 0.6) is 0 Å². The number of alkyl halides is 1. The van der Waals surface area contributed by atoms with Crippen LogP contribution in [-0.4, -0.2) is 21.1 Å². The van der Waals surface area contributed by atoms with Gasteiger partial charge in [0.2, 0.25) is 0 Å². The fourth-order valence-corrected chi connectivity index (χ4v) is 3.93. The van der Waals surface area contributed by atoms with Crippen molar-refractivity contribution in [2.75, 3.05) is 11.5 Å². The van der Waals surface area contributed by atoms with Crippen molar-refractivity contribution >= 4 is 34.4 Å². The summed E-state index contributed by atoms with van der Waals surface area (Å²) in [5, 5.41) is -0.162. The number of thioether (sulfide) groups is 1. The topological polar surface area (TPSA) is 17.8 Å². The molecular weight excluding hydrogens is 283 g/mol. The Kier molecular flexibility index (Phi) is 3.72. The fourth-order valence-electron chi connectivity index (χ4n) is 2.70. The minimum Gasteiger partial charge on any atom is -0.324 e. The third-order valence-electron chi connectivity index (χ3n) is 3.59. The number of hydrogen-bond acceptors (Lipinski definition) is 2. The normalized spacial score (nSPS) is 18.9. The van der Waals surface area contributed by atoms with E-state index in [2.05, 4.69) is 9.55 Å². The summed E-state index contributed by atoms with van der Waals surface area (Å²) in [6, 6.07) is 5.25. The van der Waals surface area contributed by atoms with Gasteiger partial charge < -0.3 is 4.57 Å². The van der Waals surface area contributed by atoms with Crippen LogP contribution in [-0.2, 0) is 0 Å². The Morgan fingerprint density at radius 2 is 2.16 bits per heavy atom. The first-order valence-electron chi connectivity index (χ1n) is 6.56. The molecule has 1 aliphatic heterocycles. The minimum atomic E-state index is -0.245. The van der Waals surface area contributed by atoms with E-state index >= 15 is 0 Å². The van der Waals surface area contributed by atoms with Crippen LogP contribution in [0.4, 0.5) is 4.39 Å². The molecule has 2 nitrogen and oxygen atoms in total. The highest BCUT2D eigenvalue weighted by atomic mass is 35.5. The van der Waals surface area contributed by atoms with Crippen molar-refractivity contribution in [2.24, 2.45) is 0 Å². The number of aromatic nitrogens is 2. The lowest BCUT2D eigenvalue weighted by Crippen LogP contribution is -2.17. The second-order valence-corrected chi connectivity index (χ2v) is 6.81. The van der Waals surface area contributed by atoms with Crippen LogP contribution in [0.3, 0.4) is 0 Å². The van der Waals surface area contributed by atoms with E-state index in [0.29, 0.717) is 11.6 Å². The lowest BCUT2D eigenvalue weighted by Gasteiger charge is -2.25. The predicted molar refractivity (Wildman–Crippen MR) is 79.6 cm³/mol. The molecule has 0 radical (unpaired) electrons. The summed E-state index contributed by atoms with van der Waals surface area (Å²) in [6.45, 7) is 1.92. The van der Waals surface area contributed by atoms with Crippen LogP contribution >= 0.6 is 23.4 Å². The molecule has 0 aliphatic carbocycles. The molecule has 5 heteroatoms. The second kappa shape index (κ2) is 5.33. The molecule has 1 unspecified atom stereocenters. The molecule has 0 N–H and O–H groups in total. The van der Waals surface area contributed by atoms with Crippen molar-refractivity contribution in [3.63, 3.8) is 0 Å². The summed E-state index contributed by atoms with van der Waals surface area (Å²) < 4.78 is 15.6. The zero-order valence-corrected chi connectivity index (χ0v) is 12.3. The van der Waals surface area contributed by atoms with Crippen LogP contribution < -0.4 is 0 Å². The molecule has 102 valence electrons. The van der Waals surface area contributed by atoms with Crippen molar-refractivity contribution in [2.45, 2.75) is 31.2 Å². The zero-order chi connectivity index (χ0) is 13.4. The van der Waals surface area contributed by atoms with Gasteiger partial charge in [0.1, 0.15) is 11.6 Å². The highest BCUT2D eigenvalue weighted by molar-refractivity contribution is 7.99. The second-order valence-electron chi connectivity index (χ2n) is 4.93. The molecule has 1 saturated heterocycles. The van der Waals surface area contributed by atoms with Gasteiger partial charge in [-0.15, -0.1) is 11.6 Å². The van der Waals surface area contributed by atoms with E-state index in [0.717, 1.165) is 24.2 Å². The molecule has 1 aromatic heterocycles. The van der Waals surface area contributed by atoms with E-state index in [1.165, 1.54) is 23.6 Å². The van der Waals surface area contributed by atoms with Gasteiger partial charge >= 0.3 is 0 Å². The molecule has 2 heterocycles. The average Bonchev–Trinajstić information content (AvgIpc) is 2.78. The highest BCUT2D eigenvalue weighted by Gasteiger charge is 2.23. The number of imidazole rings is 1. The number of hydrogen-bond donors (Lipinski definition) is 0. The molecular formula is C14H16ClFN2S. The molecule has 2 aromatic rings. The quantitative estimate of drug-likeness (QED) is 0.757. The Labute approximate surface area is 121 Å². The summed E-state index contributed by atoms with van der Waals surface area (Å²) in [7, 11) is 0. The molecule has 1 aliphatic rings. The smallest absolute Gasteiger partial charge is 0.127 e. The first-order valence-corrected chi connectivity index (χ1v) is 8.15. The van der Waals surface area contributed by atoms with Gasteiger partial charge in [0.15, 0.2) is 0 Å². The third-order valence-corrected chi connectivity index (χ3v) is 4.83. The van der Waals surface area contributed by atoms with Crippen molar-refractivity contribution < 1.29 is 4.39 Å². The van der Waals surface area contributed by atoms with Gasteiger partial charge in [0.25, 0.3) is 0 Å². The Balaban J connectivity index is 2.15. The van der Waals surface area contributed by atoms with Crippen LogP contribution in [0.15, 0.2) is 18.2 Å². The Hall–Kier alpha value is -0.740. The van der Waals surface area contributed by atoms with Gasteiger partial charge in [-0.2, -0.15) is 11.8 Å². The number of halogens is 2. The van der Waals surface area contributed by atoms with E-state index in [1.807, 2.05) is 24.8 Å². The SMILES string of the molecule is CC(Cl)c1nc2cc(F)ccc2n1C1CCSCC1. The number of fused-ring (bicyclic) bond motifs is 1. The van der Waals surface area contributed by atoms with Crippen LogP contribution in [0, 0.1) is 5.82 Å². The van der Waals surface area contributed by atoms with Gasteiger partial charge in [-0.3, -0.25) is 0 Å². The maximum absolute atomic E-state index is 13.3. The fraction of sp³-hybridized carbons (Fsp3) is 0.500. The maximum atomic E-state index is 13.3. The van der Waals surface area contributed by atoms with Gasteiger partial charge in [0, 0.05) is 12.1 Å². The number of rotatable bonds is 2. The first kappa shape index (κ1) is 13.3. The summed E-state index contributed by atoms with van der Waals surface area (Å²) in [6.07, 6.45) is 2.26. The molecule has 1 fully saturated rings. The Morgan fingerprint density at radius 1 is 1.42 bits per heavy atom. The largest absolute Gasteiger partial charge is 0.324 e. The average molecular weight is 299 g/mol. The number of benzene rings is 1. The van der Waals surface area contributed by atoms with Gasteiger partial charge in [-0.1, -0.05) is 0 Å². The van der Waals surface area contributed by atoms with Crippen LogP contribution in [0.1, 0.15) is 37.0 Å². The number of nitrogens with zero attached hydrogens (tertiary/aromatic N) is 2. The molecule has 1 atom stereocenters. The van der Waals surface area contributed by atoms with Crippen molar-refractivity contribution in [3.05, 3.63) is 29.8 Å². The van der Waals surface area contributed by atoms with E-state index in [-0.39, 0.29) is 11.2 Å². The highest BCUT2D eigenvalue weighted by Crippen LogP contribution is 2.34. The molecule has 1 aromatic carbocycles. The molecule has 0 spiro atoms. The maximum Gasteiger partial charge on any atom is 0.127 e. The molecule has 0 bridgehead atoms. The lowest BCUT2D eigenvalue weighted by molar-refractivity contribution is 0.464. The first-order chi connectivity index (χ1) is 9.16. The van der Waals surface area contributed by atoms with E-state index in [9.17, 15) is 4.39 Å². The predicted octanol–water partition coefficient (Wildman–Crippen LogP) is 4.54. The van der Waals surface area contributed by atoms with Gasteiger partial charge in [-0.25, -0.2) is 9.37 Å². The lowest BCUT2D eigenvalue weighted by atomic mass is 10.1. The third kappa shape index (κ3) is 2.48. The Morgan fingerprint density at radius 3 is 2.84 bits per heavy atom. The van der Waals surface area contributed by atoms with Crippen molar-refractivity contribution in [1.29, 1.82) is 0 Å². The molecule has 19 heavy (non-hydrogen) atoms. The molecule has 3 rings (SSSR count). The van der Waals surface area contributed by atoms with Crippen LogP contribution in [0.25, 0.3) is 11.0 Å². The van der Waals surface area contributed by atoms with Crippen LogP contribution in [0.2, 0.25) is 0 Å². The van der Waals surface area contributed by atoms with Crippen molar-refractivity contribution in [1.82, 2.24) is 9.55 Å². The summed E-state index contributed by atoms with van der Waals surface area (Å²) in [4.78, 5) is 4.53. The van der Waals surface area contributed by atoms with Crippen molar-refractivity contribution in [3.8, 4) is 0 Å². The minimum absolute atomic E-state index is 0.162. The summed E-state index contributed by atoms with van der Waals surface area (Å²) >= 11 is 8.25. The molecule has 0 saturated carbocycles.